The van der Waals surface area contributed by atoms with Crippen LogP contribution in [-0.4, -0.2) is 49.2 Å². The van der Waals surface area contributed by atoms with Gasteiger partial charge >= 0.3 is 6.09 Å². The predicted octanol–water partition coefficient (Wildman–Crippen LogP) is 5.52. The molecule has 0 saturated carbocycles. The average molecular weight is 453 g/mol. The third-order valence-electron chi connectivity index (χ3n) is 5.85. The van der Waals surface area contributed by atoms with Gasteiger partial charge in [-0.05, 0) is 74.4 Å². The molecular formula is C27H36N2O4. The van der Waals surface area contributed by atoms with Crippen molar-refractivity contribution in [2.24, 2.45) is 5.92 Å². The van der Waals surface area contributed by atoms with Gasteiger partial charge in [-0.1, -0.05) is 37.6 Å². The zero-order valence-electron chi connectivity index (χ0n) is 20.0. The molecule has 0 spiro atoms. The van der Waals surface area contributed by atoms with Crippen molar-refractivity contribution in [3.05, 3.63) is 54.1 Å². The first kappa shape index (κ1) is 24.6. The maximum absolute atomic E-state index is 12.2. The third kappa shape index (κ3) is 7.52. The Morgan fingerprint density at radius 1 is 1.00 bits per heavy atom. The Morgan fingerprint density at radius 2 is 1.61 bits per heavy atom. The molecule has 178 valence electrons. The molecule has 0 bridgehead atoms. The molecule has 2 amide bonds. The van der Waals surface area contributed by atoms with Crippen molar-refractivity contribution in [2.75, 3.05) is 26.2 Å². The summed E-state index contributed by atoms with van der Waals surface area (Å²) in [6.45, 7) is 8.63. The molecule has 0 aromatic heterocycles. The van der Waals surface area contributed by atoms with Crippen LogP contribution in [0.4, 0.5) is 4.79 Å². The van der Waals surface area contributed by atoms with Crippen LogP contribution in [0.2, 0.25) is 0 Å². The Balaban J connectivity index is 1.45. The second kappa shape index (κ2) is 12.3. The Kier molecular flexibility index (Phi) is 9.16. The fourth-order valence-corrected chi connectivity index (χ4v) is 3.81. The SMILES string of the molecule is CCCCNC(=O)c1ccc(-c2ccc(OCC3CCN(C(=O)OC(C)C)CC3)cc2)cc1. The quantitative estimate of drug-likeness (QED) is 0.509. The molecule has 1 aliphatic heterocycles. The van der Waals surface area contributed by atoms with Gasteiger partial charge in [0.1, 0.15) is 5.75 Å². The first-order valence-electron chi connectivity index (χ1n) is 12.0. The molecule has 0 unspecified atom stereocenters. The number of nitrogens with one attached hydrogen (secondary N) is 1. The number of carbonyl (C=O) groups is 2. The molecule has 2 aromatic carbocycles. The summed E-state index contributed by atoms with van der Waals surface area (Å²) in [7, 11) is 0. The van der Waals surface area contributed by atoms with Crippen molar-refractivity contribution in [3.8, 4) is 16.9 Å². The second-order valence-corrected chi connectivity index (χ2v) is 8.89. The van der Waals surface area contributed by atoms with E-state index in [0.29, 0.717) is 37.7 Å². The summed E-state index contributed by atoms with van der Waals surface area (Å²) >= 11 is 0. The minimum absolute atomic E-state index is 0.0265. The summed E-state index contributed by atoms with van der Waals surface area (Å²) in [5, 5.41) is 2.94. The molecule has 3 rings (SSSR count). The van der Waals surface area contributed by atoms with E-state index in [4.69, 9.17) is 9.47 Å². The summed E-state index contributed by atoms with van der Waals surface area (Å²) in [6.07, 6.45) is 3.59. The number of benzene rings is 2. The van der Waals surface area contributed by atoms with Crippen LogP contribution in [0.15, 0.2) is 48.5 Å². The molecule has 0 radical (unpaired) electrons. The van der Waals surface area contributed by atoms with Gasteiger partial charge in [-0.25, -0.2) is 4.79 Å². The van der Waals surface area contributed by atoms with Gasteiger partial charge in [0.15, 0.2) is 0 Å². The van der Waals surface area contributed by atoms with Crippen molar-refractivity contribution in [1.82, 2.24) is 10.2 Å². The van der Waals surface area contributed by atoms with E-state index in [1.165, 1.54) is 0 Å². The maximum Gasteiger partial charge on any atom is 0.410 e. The van der Waals surface area contributed by atoms with E-state index in [0.717, 1.165) is 42.6 Å². The van der Waals surface area contributed by atoms with Crippen LogP contribution in [0.5, 0.6) is 5.75 Å². The van der Waals surface area contributed by atoms with E-state index in [2.05, 4.69) is 12.2 Å². The van der Waals surface area contributed by atoms with Crippen LogP contribution in [0, 0.1) is 5.92 Å². The number of unbranched alkanes of at least 4 members (excludes halogenated alkanes) is 1. The molecule has 0 atom stereocenters. The molecule has 6 nitrogen and oxygen atoms in total. The van der Waals surface area contributed by atoms with E-state index in [1.807, 2.05) is 62.4 Å². The highest BCUT2D eigenvalue weighted by Crippen LogP contribution is 2.24. The number of hydrogen-bond acceptors (Lipinski definition) is 4. The molecule has 33 heavy (non-hydrogen) atoms. The Bertz CT molecular complexity index is 885. The molecule has 1 saturated heterocycles. The highest BCUT2D eigenvalue weighted by Gasteiger charge is 2.24. The predicted molar refractivity (Wildman–Crippen MR) is 131 cm³/mol. The Hall–Kier alpha value is -3.02. The van der Waals surface area contributed by atoms with Crippen LogP contribution in [0.3, 0.4) is 0 Å². The fraction of sp³-hybridized carbons (Fsp3) is 0.481. The number of nitrogens with zero attached hydrogens (tertiary/aromatic N) is 1. The lowest BCUT2D eigenvalue weighted by molar-refractivity contribution is 0.0608. The largest absolute Gasteiger partial charge is 0.493 e. The maximum atomic E-state index is 12.2. The summed E-state index contributed by atoms with van der Waals surface area (Å²) in [6, 6.07) is 15.7. The topological polar surface area (TPSA) is 67.9 Å². The Morgan fingerprint density at radius 3 is 2.18 bits per heavy atom. The minimum atomic E-state index is -0.217. The van der Waals surface area contributed by atoms with Gasteiger partial charge in [0, 0.05) is 25.2 Å². The van der Waals surface area contributed by atoms with E-state index in [9.17, 15) is 9.59 Å². The van der Waals surface area contributed by atoms with Gasteiger partial charge < -0.3 is 19.7 Å². The highest BCUT2D eigenvalue weighted by atomic mass is 16.6. The van der Waals surface area contributed by atoms with Crippen molar-refractivity contribution in [2.45, 2.75) is 52.6 Å². The number of ether oxygens (including phenoxy) is 2. The molecule has 1 N–H and O–H groups in total. The number of rotatable bonds is 9. The zero-order valence-corrected chi connectivity index (χ0v) is 20.0. The Labute approximate surface area is 197 Å². The zero-order chi connectivity index (χ0) is 23.6. The lowest BCUT2D eigenvalue weighted by Gasteiger charge is -2.31. The smallest absolute Gasteiger partial charge is 0.410 e. The molecular weight excluding hydrogens is 416 g/mol. The molecule has 1 fully saturated rings. The molecule has 2 aromatic rings. The number of amides is 2. The van der Waals surface area contributed by atoms with Gasteiger partial charge in [0.25, 0.3) is 5.91 Å². The van der Waals surface area contributed by atoms with Gasteiger partial charge in [0.2, 0.25) is 0 Å². The van der Waals surface area contributed by atoms with E-state index in [-0.39, 0.29) is 18.1 Å². The van der Waals surface area contributed by atoms with Crippen molar-refractivity contribution in [1.29, 1.82) is 0 Å². The van der Waals surface area contributed by atoms with Crippen molar-refractivity contribution >= 4 is 12.0 Å². The van der Waals surface area contributed by atoms with E-state index >= 15 is 0 Å². The van der Waals surface area contributed by atoms with Crippen LogP contribution in [0.25, 0.3) is 11.1 Å². The molecule has 1 heterocycles. The van der Waals surface area contributed by atoms with Crippen LogP contribution in [-0.2, 0) is 4.74 Å². The van der Waals surface area contributed by atoms with Gasteiger partial charge in [-0.2, -0.15) is 0 Å². The van der Waals surface area contributed by atoms with Gasteiger partial charge in [-0.3, -0.25) is 4.79 Å². The minimum Gasteiger partial charge on any atom is -0.493 e. The number of hydrogen-bond donors (Lipinski definition) is 1. The average Bonchev–Trinajstić information content (AvgIpc) is 2.83. The van der Waals surface area contributed by atoms with Crippen LogP contribution < -0.4 is 10.1 Å². The summed E-state index contributed by atoms with van der Waals surface area (Å²) in [4.78, 5) is 25.9. The first-order chi connectivity index (χ1) is 16.0. The number of piperidine rings is 1. The van der Waals surface area contributed by atoms with Crippen LogP contribution >= 0.6 is 0 Å². The molecule has 6 heteroatoms. The first-order valence-corrected chi connectivity index (χ1v) is 12.0. The molecule has 1 aliphatic rings. The highest BCUT2D eigenvalue weighted by molar-refractivity contribution is 5.94. The van der Waals surface area contributed by atoms with E-state index in [1.54, 1.807) is 4.90 Å². The fourth-order valence-electron chi connectivity index (χ4n) is 3.81. The summed E-state index contributed by atoms with van der Waals surface area (Å²) in [5.41, 5.74) is 2.82. The van der Waals surface area contributed by atoms with Crippen molar-refractivity contribution < 1.29 is 19.1 Å². The summed E-state index contributed by atoms with van der Waals surface area (Å²) in [5.74, 6) is 1.25. The normalized spacial score (nSPS) is 14.2. The van der Waals surface area contributed by atoms with Gasteiger partial charge in [0.05, 0.1) is 12.7 Å². The standard InChI is InChI=1S/C27H36N2O4/c1-4-5-16-28-26(30)24-8-6-22(7-9-24)23-10-12-25(13-11-23)32-19-21-14-17-29(18-15-21)27(31)33-20(2)3/h6-13,20-21H,4-5,14-19H2,1-3H3,(H,28,30). The van der Waals surface area contributed by atoms with Gasteiger partial charge in [-0.15, -0.1) is 0 Å². The third-order valence-corrected chi connectivity index (χ3v) is 5.85. The lowest BCUT2D eigenvalue weighted by Crippen LogP contribution is -2.40. The number of likely N-dealkylation sites (tertiary alicyclic amines) is 1. The van der Waals surface area contributed by atoms with E-state index < -0.39 is 0 Å². The second-order valence-electron chi connectivity index (χ2n) is 8.89. The van der Waals surface area contributed by atoms with Crippen LogP contribution in [0.1, 0.15) is 56.8 Å². The molecule has 0 aliphatic carbocycles. The van der Waals surface area contributed by atoms with Crippen molar-refractivity contribution in [3.63, 3.8) is 0 Å². The number of carbonyl (C=O) groups excluding carboxylic acids is 2. The summed E-state index contributed by atoms with van der Waals surface area (Å²) < 4.78 is 11.3. The lowest BCUT2D eigenvalue weighted by atomic mass is 9.98. The monoisotopic (exact) mass is 452 g/mol.